The van der Waals surface area contributed by atoms with Crippen LogP contribution in [0, 0.1) is 11.3 Å². The van der Waals surface area contributed by atoms with E-state index in [-0.39, 0.29) is 0 Å². The summed E-state index contributed by atoms with van der Waals surface area (Å²) in [5.41, 5.74) is 0.551. The van der Waals surface area contributed by atoms with Crippen molar-refractivity contribution in [2.24, 2.45) is 0 Å². The zero-order valence-corrected chi connectivity index (χ0v) is 6.82. The smallest absolute Gasteiger partial charge is 0.144 e. The van der Waals surface area contributed by atoms with Crippen molar-refractivity contribution in [3.63, 3.8) is 0 Å². The van der Waals surface area contributed by atoms with Crippen LogP contribution in [0.3, 0.4) is 0 Å². The summed E-state index contributed by atoms with van der Waals surface area (Å²) >= 11 is 0. The van der Waals surface area contributed by atoms with Crippen LogP contribution in [0.25, 0.3) is 0 Å². The molecule has 0 spiro atoms. The van der Waals surface area contributed by atoms with E-state index >= 15 is 0 Å². The largest absolute Gasteiger partial charge is 0.464 e. The standard InChI is InChI=1S/C10H9NO/c1-2-7-12-10-6-4-3-5-9(10)8-11/h2-7H,1H3. The zero-order chi connectivity index (χ0) is 8.81. The number of para-hydroxylation sites is 1. The molecule has 0 atom stereocenters. The molecule has 0 unspecified atom stereocenters. The molecule has 0 saturated carbocycles. The molecular formula is C10H9NO. The molecule has 0 N–H and O–H groups in total. The van der Waals surface area contributed by atoms with E-state index < -0.39 is 0 Å². The van der Waals surface area contributed by atoms with Crippen LogP contribution in [0.15, 0.2) is 36.6 Å². The van der Waals surface area contributed by atoms with Crippen molar-refractivity contribution >= 4 is 0 Å². The lowest BCUT2D eigenvalue weighted by Crippen LogP contribution is -1.85. The van der Waals surface area contributed by atoms with Crippen molar-refractivity contribution in [3.05, 3.63) is 42.2 Å². The molecule has 0 fully saturated rings. The highest BCUT2D eigenvalue weighted by molar-refractivity contribution is 5.42. The lowest BCUT2D eigenvalue weighted by molar-refractivity contribution is 0.479. The molecule has 2 nitrogen and oxygen atoms in total. The highest BCUT2D eigenvalue weighted by Gasteiger charge is 1.97. The average Bonchev–Trinajstić information content (AvgIpc) is 2.15. The van der Waals surface area contributed by atoms with Gasteiger partial charge in [-0.3, -0.25) is 0 Å². The molecule has 0 heterocycles. The van der Waals surface area contributed by atoms with Crippen molar-refractivity contribution in [3.8, 4) is 11.8 Å². The average molecular weight is 159 g/mol. The van der Waals surface area contributed by atoms with Crippen molar-refractivity contribution in [1.82, 2.24) is 0 Å². The van der Waals surface area contributed by atoms with Crippen LogP contribution < -0.4 is 4.74 Å². The first-order valence-electron chi connectivity index (χ1n) is 3.65. The summed E-state index contributed by atoms with van der Waals surface area (Å²) in [5.74, 6) is 0.595. The highest BCUT2D eigenvalue weighted by Crippen LogP contribution is 2.16. The molecular weight excluding hydrogens is 150 g/mol. The molecule has 2 heteroatoms. The van der Waals surface area contributed by atoms with Gasteiger partial charge in [-0.15, -0.1) is 0 Å². The van der Waals surface area contributed by atoms with E-state index in [1.54, 1.807) is 30.5 Å². The Morgan fingerprint density at radius 3 is 2.83 bits per heavy atom. The van der Waals surface area contributed by atoms with Crippen LogP contribution >= 0.6 is 0 Å². The van der Waals surface area contributed by atoms with Gasteiger partial charge in [-0.25, -0.2) is 0 Å². The first-order chi connectivity index (χ1) is 5.88. The Morgan fingerprint density at radius 2 is 2.17 bits per heavy atom. The Kier molecular flexibility index (Phi) is 2.92. The molecule has 1 aromatic rings. The van der Waals surface area contributed by atoms with Crippen LogP contribution in [0.5, 0.6) is 5.75 Å². The Labute approximate surface area is 71.7 Å². The normalized spacial score (nSPS) is 9.67. The first-order valence-corrected chi connectivity index (χ1v) is 3.65. The summed E-state index contributed by atoms with van der Waals surface area (Å²) in [4.78, 5) is 0. The van der Waals surface area contributed by atoms with Crippen molar-refractivity contribution in [2.75, 3.05) is 0 Å². The number of nitrogens with zero attached hydrogens (tertiary/aromatic N) is 1. The van der Waals surface area contributed by atoms with Crippen molar-refractivity contribution < 1.29 is 4.74 Å². The van der Waals surface area contributed by atoms with E-state index in [9.17, 15) is 0 Å². The summed E-state index contributed by atoms with van der Waals surface area (Å²) in [6.07, 6.45) is 3.32. The predicted octanol–water partition coefficient (Wildman–Crippen LogP) is 2.47. The molecule has 0 saturated heterocycles. The molecule has 1 aromatic carbocycles. The maximum absolute atomic E-state index is 8.66. The molecule has 60 valence electrons. The highest BCUT2D eigenvalue weighted by atomic mass is 16.5. The molecule has 0 aromatic heterocycles. The number of allylic oxidation sites excluding steroid dienone is 1. The summed E-state index contributed by atoms with van der Waals surface area (Å²) in [5, 5.41) is 8.66. The van der Waals surface area contributed by atoms with Gasteiger partial charge < -0.3 is 4.74 Å². The van der Waals surface area contributed by atoms with Gasteiger partial charge in [0.05, 0.1) is 11.8 Å². The molecule has 0 bridgehead atoms. The van der Waals surface area contributed by atoms with Gasteiger partial charge in [0.25, 0.3) is 0 Å². The van der Waals surface area contributed by atoms with Gasteiger partial charge in [0.1, 0.15) is 11.8 Å². The van der Waals surface area contributed by atoms with E-state index in [1.165, 1.54) is 0 Å². The van der Waals surface area contributed by atoms with Gasteiger partial charge in [0, 0.05) is 0 Å². The minimum Gasteiger partial charge on any atom is -0.464 e. The summed E-state index contributed by atoms with van der Waals surface area (Å²) in [7, 11) is 0. The third-order valence-corrected chi connectivity index (χ3v) is 1.34. The summed E-state index contributed by atoms with van der Waals surface area (Å²) in [6, 6.07) is 9.17. The second kappa shape index (κ2) is 4.20. The minimum atomic E-state index is 0.551. The Balaban J connectivity index is 2.91. The number of hydrogen-bond acceptors (Lipinski definition) is 2. The molecule has 0 aliphatic heterocycles. The molecule has 1 rings (SSSR count). The molecule has 0 aliphatic carbocycles. The van der Waals surface area contributed by atoms with E-state index in [0.717, 1.165) is 0 Å². The number of nitriles is 1. The third kappa shape index (κ3) is 1.86. The Morgan fingerprint density at radius 1 is 1.42 bits per heavy atom. The summed E-state index contributed by atoms with van der Waals surface area (Å²) < 4.78 is 5.17. The maximum Gasteiger partial charge on any atom is 0.144 e. The van der Waals surface area contributed by atoms with Gasteiger partial charge in [-0.05, 0) is 19.1 Å². The van der Waals surface area contributed by atoms with E-state index in [1.807, 2.05) is 19.1 Å². The Bertz CT molecular complexity index is 323. The fraction of sp³-hybridized carbons (Fsp3) is 0.100. The van der Waals surface area contributed by atoms with Crippen molar-refractivity contribution in [2.45, 2.75) is 6.92 Å². The number of hydrogen-bond donors (Lipinski definition) is 0. The van der Waals surface area contributed by atoms with E-state index in [2.05, 4.69) is 0 Å². The predicted molar refractivity (Wildman–Crippen MR) is 46.6 cm³/mol. The lowest BCUT2D eigenvalue weighted by atomic mass is 10.2. The van der Waals surface area contributed by atoms with Crippen LogP contribution in [-0.2, 0) is 0 Å². The monoisotopic (exact) mass is 159 g/mol. The Hall–Kier alpha value is -1.75. The molecule has 0 amide bonds. The number of rotatable bonds is 2. The van der Waals surface area contributed by atoms with E-state index in [0.29, 0.717) is 11.3 Å². The molecule has 0 radical (unpaired) electrons. The first kappa shape index (κ1) is 8.35. The number of benzene rings is 1. The lowest BCUT2D eigenvalue weighted by Gasteiger charge is -2.00. The van der Waals surface area contributed by atoms with Gasteiger partial charge in [-0.2, -0.15) is 5.26 Å². The van der Waals surface area contributed by atoms with Crippen LogP contribution in [-0.4, -0.2) is 0 Å². The summed E-state index contributed by atoms with van der Waals surface area (Å²) in [6.45, 7) is 1.86. The molecule has 0 aliphatic rings. The zero-order valence-electron chi connectivity index (χ0n) is 6.82. The topological polar surface area (TPSA) is 33.0 Å². The fourth-order valence-corrected chi connectivity index (χ4v) is 0.803. The van der Waals surface area contributed by atoms with Crippen LogP contribution in [0.4, 0.5) is 0 Å². The minimum absolute atomic E-state index is 0.551. The fourth-order valence-electron chi connectivity index (χ4n) is 0.803. The SMILES string of the molecule is CC=COc1ccccc1C#N. The second-order valence-electron chi connectivity index (χ2n) is 2.20. The van der Waals surface area contributed by atoms with Crippen LogP contribution in [0.1, 0.15) is 12.5 Å². The maximum atomic E-state index is 8.66. The van der Waals surface area contributed by atoms with Gasteiger partial charge in [-0.1, -0.05) is 18.2 Å². The molecule has 12 heavy (non-hydrogen) atoms. The van der Waals surface area contributed by atoms with Gasteiger partial charge in [0.2, 0.25) is 0 Å². The quantitative estimate of drug-likeness (QED) is 0.621. The van der Waals surface area contributed by atoms with Crippen molar-refractivity contribution in [1.29, 1.82) is 5.26 Å². The van der Waals surface area contributed by atoms with Gasteiger partial charge in [0.15, 0.2) is 0 Å². The van der Waals surface area contributed by atoms with Gasteiger partial charge >= 0.3 is 0 Å². The second-order valence-corrected chi connectivity index (χ2v) is 2.20. The number of ether oxygens (including phenoxy) is 1. The van der Waals surface area contributed by atoms with Crippen LogP contribution in [0.2, 0.25) is 0 Å². The third-order valence-electron chi connectivity index (χ3n) is 1.34. The van der Waals surface area contributed by atoms with E-state index in [4.69, 9.17) is 10.00 Å².